The molecule has 1 fully saturated rings. The topological polar surface area (TPSA) is 26.3 Å². The Morgan fingerprint density at radius 1 is 1.65 bits per heavy atom. The number of esters is 1. The fraction of sp³-hybridized carbons (Fsp3) is 0.733. The van der Waals surface area contributed by atoms with Crippen molar-refractivity contribution in [3.63, 3.8) is 0 Å². The standard InChI is InChI=1S/C15H24O2/c1-6-8-12-9-13(15(12,4)5)10-17-14(16)11(3)7-2/h6,11,13H,7,9-10H2,1-5H3. The van der Waals surface area contributed by atoms with Crippen LogP contribution in [0.3, 0.4) is 0 Å². The van der Waals surface area contributed by atoms with E-state index in [4.69, 9.17) is 4.74 Å². The molecular formula is C15H24O2. The molecule has 0 aliphatic heterocycles. The van der Waals surface area contributed by atoms with Gasteiger partial charge in [-0.3, -0.25) is 4.79 Å². The smallest absolute Gasteiger partial charge is 0.308 e. The molecule has 0 aromatic rings. The third-order valence-electron chi connectivity index (χ3n) is 4.01. The molecule has 2 heteroatoms. The van der Waals surface area contributed by atoms with E-state index in [1.807, 2.05) is 26.8 Å². The monoisotopic (exact) mass is 236 g/mol. The highest BCUT2D eigenvalue weighted by atomic mass is 16.5. The molecule has 0 aromatic carbocycles. The van der Waals surface area contributed by atoms with Crippen LogP contribution >= 0.6 is 0 Å². The minimum absolute atomic E-state index is 0.0174. The van der Waals surface area contributed by atoms with Crippen LogP contribution in [0.15, 0.2) is 17.4 Å². The van der Waals surface area contributed by atoms with E-state index in [-0.39, 0.29) is 17.3 Å². The Morgan fingerprint density at radius 3 is 2.76 bits per heavy atom. The fourth-order valence-electron chi connectivity index (χ4n) is 2.06. The lowest BCUT2D eigenvalue weighted by Crippen LogP contribution is -2.41. The molecule has 0 aromatic heterocycles. The summed E-state index contributed by atoms with van der Waals surface area (Å²) in [6.07, 6.45) is 3.81. The van der Waals surface area contributed by atoms with Crippen LogP contribution in [0.4, 0.5) is 0 Å². The summed E-state index contributed by atoms with van der Waals surface area (Å²) in [5.74, 6) is 0.397. The molecule has 1 aliphatic carbocycles. The Kier molecular flexibility index (Phi) is 4.59. The quantitative estimate of drug-likeness (QED) is 0.549. The number of rotatable bonds is 4. The number of carbonyl (C=O) groups is 1. The molecule has 0 saturated heterocycles. The number of hydrogen-bond donors (Lipinski definition) is 0. The van der Waals surface area contributed by atoms with E-state index >= 15 is 0 Å². The Labute approximate surface area is 105 Å². The maximum atomic E-state index is 11.6. The molecule has 1 aliphatic rings. The Balaban J connectivity index is 2.47. The van der Waals surface area contributed by atoms with E-state index in [9.17, 15) is 4.79 Å². The van der Waals surface area contributed by atoms with Crippen molar-refractivity contribution < 1.29 is 9.53 Å². The molecule has 0 spiro atoms. The van der Waals surface area contributed by atoms with Crippen LogP contribution < -0.4 is 0 Å². The third-order valence-corrected chi connectivity index (χ3v) is 4.01. The number of carbonyl (C=O) groups excluding carboxylic acids is 1. The van der Waals surface area contributed by atoms with Gasteiger partial charge in [0, 0.05) is 5.92 Å². The van der Waals surface area contributed by atoms with Gasteiger partial charge in [0.15, 0.2) is 0 Å². The first-order valence-electron chi connectivity index (χ1n) is 6.50. The van der Waals surface area contributed by atoms with Crippen molar-refractivity contribution in [2.24, 2.45) is 17.3 Å². The van der Waals surface area contributed by atoms with Gasteiger partial charge in [-0.15, -0.1) is 5.73 Å². The lowest BCUT2D eigenvalue weighted by molar-refractivity contribution is -0.151. The molecule has 0 bridgehead atoms. The molecule has 2 nitrogen and oxygen atoms in total. The van der Waals surface area contributed by atoms with Gasteiger partial charge in [-0.1, -0.05) is 27.7 Å². The van der Waals surface area contributed by atoms with Gasteiger partial charge in [0.1, 0.15) is 0 Å². The molecule has 2 unspecified atom stereocenters. The minimum Gasteiger partial charge on any atom is -0.465 e. The van der Waals surface area contributed by atoms with Crippen LogP contribution in [-0.4, -0.2) is 12.6 Å². The predicted octanol–water partition coefficient (Wildman–Crippen LogP) is 3.72. The van der Waals surface area contributed by atoms with Crippen molar-refractivity contribution in [2.75, 3.05) is 6.61 Å². The fourth-order valence-corrected chi connectivity index (χ4v) is 2.06. The summed E-state index contributed by atoms with van der Waals surface area (Å²) >= 11 is 0. The lowest BCUT2D eigenvalue weighted by Gasteiger charge is -2.45. The normalized spacial score (nSPS) is 23.4. The molecule has 0 amide bonds. The summed E-state index contributed by atoms with van der Waals surface area (Å²) < 4.78 is 5.37. The van der Waals surface area contributed by atoms with Gasteiger partial charge in [0.2, 0.25) is 0 Å². The van der Waals surface area contributed by atoms with Crippen molar-refractivity contribution in [3.05, 3.63) is 17.4 Å². The predicted molar refractivity (Wildman–Crippen MR) is 69.6 cm³/mol. The van der Waals surface area contributed by atoms with Gasteiger partial charge in [0.05, 0.1) is 12.5 Å². The number of hydrogen-bond acceptors (Lipinski definition) is 2. The van der Waals surface area contributed by atoms with Crippen LogP contribution in [0.2, 0.25) is 0 Å². The first kappa shape index (κ1) is 14.1. The maximum absolute atomic E-state index is 11.6. The van der Waals surface area contributed by atoms with Gasteiger partial charge in [-0.2, -0.15) is 0 Å². The van der Waals surface area contributed by atoms with Crippen LogP contribution in [0.5, 0.6) is 0 Å². The van der Waals surface area contributed by atoms with Gasteiger partial charge >= 0.3 is 5.97 Å². The van der Waals surface area contributed by atoms with Gasteiger partial charge < -0.3 is 4.74 Å². The van der Waals surface area contributed by atoms with Crippen molar-refractivity contribution in [1.82, 2.24) is 0 Å². The molecule has 96 valence electrons. The van der Waals surface area contributed by atoms with Crippen molar-refractivity contribution >= 4 is 5.97 Å². The van der Waals surface area contributed by atoms with Crippen LogP contribution in [0.1, 0.15) is 47.5 Å². The summed E-state index contributed by atoms with van der Waals surface area (Å²) in [6.45, 7) is 10.9. The van der Waals surface area contributed by atoms with E-state index in [1.165, 1.54) is 5.57 Å². The zero-order chi connectivity index (χ0) is 13.1. The molecule has 0 radical (unpaired) electrons. The van der Waals surface area contributed by atoms with Crippen LogP contribution in [-0.2, 0) is 9.53 Å². The van der Waals surface area contributed by atoms with Crippen molar-refractivity contribution in [1.29, 1.82) is 0 Å². The maximum Gasteiger partial charge on any atom is 0.308 e. The van der Waals surface area contributed by atoms with Gasteiger partial charge in [0.25, 0.3) is 0 Å². The first-order chi connectivity index (χ1) is 7.93. The largest absolute Gasteiger partial charge is 0.465 e. The SMILES string of the molecule is CC=C=C1CC(COC(=O)C(C)CC)C1(C)C. The molecule has 0 N–H and O–H groups in total. The average Bonchev–Trinajstić information content (AvgIpc) is 2.31. The summed E-state index contributed by atoms with van der Waals surface area (Å²) in [6, 6.07) is 0. The Morgan fingerprint density at radius 2 is 2.29 bits per heavy atom. The summed E-state index contributed by atoms with van der Waals surface area (Å²) in [5, 5.41) is 0. The van der Waals surface area contributed by atoms with E-state index in [2.05, 4.69) is 19.6 Å². The number of allylic oxidation sites excluding steroid dienone is 1. The van der Waals surface area contributed by atoms with E-state index in [0.717, 1.165) is 12.8 Å². The highest BCUT2D eigenvalue weighted by molar-refractivity contribution is 5.71. The van der Waals surface area contributed by atoms with E-state index < -0.39 is 0 Å². The summed E-state index contributed by atoms with van der Waals surface area (Å²) in [5.41, 5.74) is 4.74. The van der Waals surface area contributed by atoms with E-state index in [1.54, 1.807) is 0 Å². The molecule has 17 heavy (non-hydrogen) atoms. The second-order valence-electron chi connectivity index (χ2n) is 5.47. The Hall–Kier alpha value is -1.01. The molecule has 2 atom stereocenters. The van der Waals surface area contributed by atoms with Crippen LogP contribution in [0.25, 0.3) is 0 Å². The zero-order valence-corrected chi connectivity index (χ0v) is 11.7. The minimum atomic E-state index is -0.0632. The van der Waals surface area contributed by atoms with Crippen molar-refractivity contribution in [3.8, 4) is 0 Å². The lowest BCUT2D eigenvalue weighted by atomic mass is 9.59. The van der Waals surface area contributed by atoms with Gasteiger partial charge in [-0.25, -0.2) is 0 Å². The number of ether oxygens (including phenoxy) is 1. The molecular weight excluding hydrogens is 212 g/mol. The highest BCUT2D eigenvalue weighted by Crippen LogP contribution is 2.50. The van der Waals surface area contributed by atoms with E-state index in [0.29, 0.717) is 12.5 Å². The molecule has 1 rings (SSSR count). The van der Waals surface area contributed by atoms with Gasteiger partial charge in [-0.05, 0) is 36.8 Å². The first-order valence-corrected chi connectivity index (χ1v) is 6.50. The molecule has 1 saturated carbocycles. The summed E-state index contributed by atoms with van der Waals surface area (Å²) in [4.78, 5) is 11.6. The second-order valence-corrected chi connectivity index (χ2v) is 5.47. The second kappa shape index (κ2) is 5.55. The van der Waals surface area contributed by atoms with Crippen LogP contribution in [0, 0.1) is 17.3 Å². The highest BCUT2D eigenvalue weighted by Gasteiger charge is 2.44. The molecule has 0 heterocycles. The zero-order valence-electron chi connectivity index (χ0n) is 11.7. The Bertz CT molecular complexity index is 346. The third kappa shape index (κ3) is 3.01. The average molecular weight is 236 g/mol. The summed E-state index contributed by atoms with van der Waals surface area (Å²) in [7, 11) is 0. The van der Waals surface area contributed by atoms with Crippen molar-refractivity contribution in [2.45, 2.75) is 47.5 Å².